The van der Waals surface area contributed by atoms with Crippen molar-refractivity contribution < 1.29 is 9.90 Å². The molecule has 0 saturated heterocycles. The molecule has 0 fully saturated rings. The number of aromatic nitrogens is 2. The second-order valence-corrected chi connectivity index (χ2v) is 3.92. The molecule has 5 nitrogen and oxygen atoms in total. The van der Waals surface area contributed by atoms with Gasteiger partial charge in [-0.3, -0.25) is 4.79 Å². The van der Waals surface area contributed by atoms with E-state index in [2.05, 4.69) is 10.3 Å². The summed E-state index contributed by atoms with van der Waals surface area (Å²) >= 11 is 0. The first-order valence-electron chi connectivity index (χ1n) is 4.93. The average Bonchev–Trinajstić information content (AvgIpc) is 2.61. The molecule has 1 aromatic heterocycles. The Hall–Kier alpha value is -1.36. The standard InChI is InChI=1S/C10H17N3O2/c1-4-10(2,15)6-12-9(14)8-5-11-7-13(8)3/h5,7,15H,4,6H2,1-3H3,(H,12,14). The number of imidazole rings is 1. The Bertz CT molecular complexity index is 344. The van der Waals surface area contributed by atoms with E-state index < -0.39 is 5.60 Å². The Balaban J connectivity index is 2.55. The van der Waals surface area contributed by atoms with Gasteiger partial charge in [-0.25, -0.2) is 4.98 Å². The van der Waals surface area contributed by atoms with Crippen molar-refractivity contribution in [3.63, 3.8) is 0 Å². The van der Waals surface area contributed by atoms with Crippen LogP contribution in [-0.4, -0.2) is 32.7 Å². The fourth-order valence-corrected chi connectivity index (χ4v) is 1.06. The Labute approximate surface area is 89.1 Å². The van der Waals surface area contributed by atoms with Crippen molar-refractivity contribution in [1.29, 1.82) is 0 Å². The molecule has 0 spiro atoms. The van der Waals surface area contributed by atoms with Crippen LogP contribution in [0.15, 0.2) is 12.5 Å². The van der Waals surface area contributed by atoms with E-state index in [-0.39, 0.29) is 12.5 Å². The molecule has 0 aliphatic rings. The minimum Gasteiger partial charge on any atom is -0.388 e. The van der Waals surface area contributed by atoms with E-state index in [1.54, 1.807) is 24.9 Å². The molecule has 1 amide bonds. The highest BCUT2D eigenvalue weighted by atomic mass is 16.3. The van der Waals surface area contributed by atoms with Crippen molar-refractivity contribution in [1.82, 2.24) is 14.9 Å². The molecule has 1 atom stereocenters. The number of amides is 1. The molecule has 5 heteroatoms. The van der Waals surface area contributed by atoms with Crippen LogP contribution in [0.2, 0.25) is 0 Å². The highest BCUT2D eigenvalue weighted by molar-refractivity contribution is 5.92. The zero-order valence-corrected chi connectivity index (χ0v) is 9.32. The van der Waals surface area contributed by atoms with Gasteiger partial charge in [0.2, 0.25) is 0 Å². The normalized spacial score (nSPS) is 14.7. The van der Waals surface area contributed by atoms with Crippen molar-refractivity contribution in [2.24, 2.45) is 7.05 Å². The molecule has 0 aliphatic heterocycles. The van der Waals surface area contributed by atoms with E-state index in [0.717, 1.165) is 0 Å². The molecule has 0 aromatic carbocycles. The highest BCUT2D eigenvalue weighted by Gasteiger charge is 2.19. The molecule has 84 valence electrons. The summed E-state index contributed by atoms with van der Waals surface area (Å²) in [4.78, 5) is 15.5. The van der Waals surface area contributed by atoms with Crippen LogP contribution < -0.4 is 5.32 Å². The minimum atomic E-state index is -0.853. The summed E-state index contributed by atoms with van der Waals surface area (Å²) in [5.41, 5.74) is -0.365. The number of carbonyl (C=O) groups is 1. The van der Waals surface area contributed by atoms with Gasteiger partial charge >= 0.3 is 0 Å². The summed E-state index contributed by atoms with van der Waals surface area (Å²) in [6, 6.07) is 0. The lowest BCUT2D eigenvalue weighted by molar-refractivity contribution is 0.0516. The number of nitrogens with zero attached hydrogens (tertiary/aromatic N) is 2. The van der Waals surface area contributed by atoms with Crippen LogP contribution in [0.4, 0.5) is 0 Å². The molecule has 1 unspecified atom stereocenters. The van der Waals surface area contributed by atoms with Crippen LogP contribution in [0.1, 0.15) is 30.8 Å². The fraction of sp³-hybridized carbons (Fsp3) is 0.600. The SMILES string of the molecule is CCC(C)(O)CNC(=O)c1cncn1C. The first-order valence-corrected chi connectivity index (χ1v) is 4.93. The number of rotatable bonds is 4. The minimum absolute atomic E-state index is 0.219. The van der Waals surface area contributed by atoms with Crippen molar-refractivity contribution in [3.05, 3.63) is 18.2 Å². The van der Waals surface area contributed by atoms with E-state index in [1.807, 2.05) is 6.92 Å². The smallest absolute Gasteiger partial charge is 0.269 e. The van der Waals surface area contributed by atoms with Gasteiger partial charge in [0.05, 0.1) is 18.1 Å². The van der Waals surface area contributed by atoms with E-state index in [0.29, 0.717) is 12.1 Å². The molecule has 2 N–H and O–H groups in total. The second kappa shape index (κ2) is 4.44. The van der Waals surface area contributed by atoms with Gasteiger partial charge < -0.3 is 15.0 Å². The molecular weight excluding hydrogens is 194 g/mol. The largest absolute Gasteiger partial charge is 0.388 e. The van der Waals surface area contributed by atoms with E-state index in [1.165, 1.54) is 6.20 Å². The van der Waals surface area contributed by atoms with Crippen molar-refractivity contribution >= 4 is 5.91 Å². The zero-order chi connectivity index (χ0) is 11.5. The van der Waals surface area contributed by atoms with Crippen LogP contribution in [0.5, 0.6) is 0 Å². The maximum Gasteiger partial charge on any atom is 0.269 e. The first kappa shape index (κ1) is 11.7. The number of nitrogens with one attached hydrogen (secondary N) is 1. The van der Waals surface area contributed by atoms with Crippen LogP contribution in [-0.2, 0) is 7.05 Å². The molecule has 0 bridgehead atoms. The molecule has 1 heterocycles. The topological polar surface area (TPSA) is 67.2 Å². The third kappa shape index (κ3) is 3.06. The highest BCUT2D eigenvalue weighted by Crippen LogP contribution is 2.06. The van der Waals surface area contributed by atoms with Gasteiger partial charge in [-0.1, -0.05) is 6.92 Å². The monoisotopic (exact) mass is 211 g/mol. The predicted octanol–water partition coefficient (Wildman–Crippen LogP) is 0.311. The molecule has 1 rings (SSSR count). The number of aliphatic hydroxyl groups is 1. The lowest BCUT2D eigenvalue weighted by atomic mass is 10.0. The number of hydrogen-bond donors (Lipinski definition) is 2. The Morgan fingerprint density at radius 3 is 2.87 bits per heavy atom. The van der Waals surface area contributed by atoms with Gasteiger partial charge in [0, 0.05) is 13.6 Å². The Morgan fingerprint density at radius 1 is 1.73 bits per heavy atom. The molecule has 0 radical (unpaired) electrons. The lowest BCUT2D eigenvalue weighted by Crippen LogP contribution is -2.40. The van der Waals surface area contributed by atoms with Crippen molar-refractivity contribution in [3.8, 4) is 0 Å². The molecule has 0 saturated carbocycles. The van der Waals surface area contributed by atoms with Gasteiger partial charge in [-0.2, -0.15) is 0 Å². The van der Waals surface area contributed by atoms with E-state index >= 15 is 0 Å². The van der Waals surface area contributed by atoms with E-state index in [9.17, 15) is 9.90 Å². The summed E-state index contributed by atoms with van der Waals surface area (Å²) in [5.74, 6) is -0.219. The maximum atomic E-state index is 11.6. The zero-order valence-electron chi connectivity index (χ0n) is 9.32. The van der Waals surface area contributed by atoms with Crippen LogP contribution >= 0.6 is 0 Å². The third-order valence-corrected chi connectivity index (χ3v) is 2.44. The Morgan fingerprint density at radius 2 is 2.40 bits per heavy atom. The number of carbonyl (C=O) groups excluding carboxylic acids is 1. The van der Waals surface area contributed by atoms with Gasteiger partial charge in [0.1, 0.15) is 5.69 Å². The molecule has 1 aromatic rings. The summed E-state index contributed by atoms with van der Waals surface area (Å²) in [6.07, 6.45) is 3.65. The summed E-state index contributed by atoms with van der Waals surface area (Å²) in [7, 11) is 1.75. The maximum absolute atomic E-state index is 11.6. The van der Waals surface area contributed by atoms with Gasteiger partial charge in [0.25, 0.3) is 5.91 Å². The molecule has 15 heavy (non-hydrogen) atoms. The molecular formula is C10H17N3O2. The average molecular weight is 211 g/mol. The predicted molar refractivity (Wildman–Crippen MR) is 56.5 cm³/mol. The van der Waals surface area contributed by atoms with Gasteiger partial charge in [-0.15, -0.1) is 0 Å². The second-order valence-electron chi connectivity index (χ2n) is 3.92. The van der Waals surface area contributed by atoms with Crippen LogP contribution in [0, 0.1) is 0 Å². The van der Waals surface area contributed by atoms with Crippen molar-refractivity contribution in [2.75, 3.05) is 6.54 Å². The summed E-state index contributed by atoms with van der Waals surface area (Å²) in [6.45, 7) is 3.81. The summed E-state index contributed by atoms with van der Waals surface area (Å²) in [5, 5.41) is 12.4. The number of aryl methyl sites for hydroxylation is 1. The van der Waals surface area contributed by atoms with Crippen molar-refractivity contribution in [2.45, 2.75) is 25.9 Å². The first-order chi connectivity index (χ1) is 6.96. The van der Waals surface area contributed by atoms with Crippen LogP contribution in [0.3, 0.4) is 0 Å². The number of hydrogen-bond acceptors (Lipinski definition) is 3. The van der Waals surface area contributed by atoms with Gasteiger partial charge in [-0.05, 0) is 13.3 Å². The Kier molecular flexibility index (Phi) is 3.47. The molecule has 0 aliphatic carbocycles. The third-order valence-electron chi connectivity index (χ3n) is 2.44. The van der Waals surface area contributed by atoms with E-state index in [4.69, 9.17) is 0 Å². The summed E-state index contributed by atoms with van der Waals surface area (Å²) < 4.78 is 1.63. The quantitative estimate of drug-likeness (QED) is 0.753. The fourth-order valence-electron chi connectivity index (χ4n) is 1.06. The van der Waals surface area contributed by atoms with Crippen LogP contribution in [0.25, 0.3) is 0 Å². The lowest BCUT2D eigenvalue weighted by Gasteiger charge is -2.21. The van der Waals surface area contributed by atoms with Gasteiger partial charge in [0.15, 0.2) is 0 Å².